The Balaban J connectivity index is 1.70. The van der Waals surface area contributed by atoms with E-state index in [9.17, 15) is 14.9 Å². The van der Waals surface area contributed by atoms with Crippen molar-refractivity contribution >= 4 is 49.1 Å². The lowest BCUT2D eigenvalue weighted by molar-refractivity contribution is -0.385. The molecule has 0 atom stereocenters. The Morgan fingerprint density at radius 1 is 1.14 bits per heavy atom. The van der Waals surface area contributed by atoms with Gasteiger partial charge in [0, 0.05) is 21.1 Å². The van der Waals surface area contributed by atoms with Crippen LogP contribution in [0.2, 0.25) is 0 Å². The first-order chi connectivity index (χ1) is 13.7. The Kier molecular flexibility index (Phi) is 6.39. The van der Waals surface area contributed by atoms with Crippen molar-refractivity contribution in [2.45, 2.75) is 20.5 Å². The van der Waals surface area contributed by atoms with Crippen molar-refractivity contribution in [3.05, 3.63) is 84.2 Å². The quantitative estimate of drug-likeness (QED) is 0.308. The average Bonchev–Trinajstić information content (AvgIpc) is 3.14. The minimum absolute atomic E-state index is 0.0988. The molecule has 9 heteroatoms. The second-order valence-corrected chi connectivity index (χ2v) is 8.03. The molecule has 3 aromatic rings. The van der Waals surface area contributed by atoms with E-state index in [2.05, 4.69) is 37.2 Å². The molecule has 0 saturated heterocycles. The zero-order chi connectivity index (χ0) is 21.1. The van der Waals surface area contributed by atoms with Gasteiger partial charge in [0.15, 0.2) is 5.76 Å². The first-order valence-electron chi connectivity index (χ1n) is 8.48. The number of carbonyl (C=O) groups excluding carboxylic acids is 1. The van der Waals surface area contributed by atoms with Crippen LogP contribution in [0.15, 0.2) is 55.8 Å². The Morgan fingerprint density at radius 3 is 2.48 bits per heavy atom. The molecular formula is C20H16Br2N2O5. The predicted molar refractivity (Wildman–Crippen MR) is 115 cm³/mol. The fraction of sp³-hybridized carbons (Fsp3) is 0.150. The third-order valence-corrected chi connectivity index (χ3v) is 5.33. The number of nitro groups is 1. The smallest absolute Gasteiger partial charge is 0.291 e. The van der Waals surface area contributed by atoms with Gasteiger partial charge in [-0.25, -0.2) is 0 Å². The van der Waals surface area contributed by atoms with Crippen LogP contribution in [0.5, 0.6) is 5.75 Å². The molecule has 1 heterocycles. The predicted octanol–water partition coefficient (Wildman–Crippen LogP) is 6.16. The van der Waals surface area contributed by atoms with E-state index in [0.717, 1.165) is 16.9 Å². The van der Waals surface area contributed by atoms with E-state index in [1.165, 1.54) is 12.1 Å². The van der Waals surface area contributed by atoms with Crippen molar-refractivity contribution in [1.82, 2.24) is 0 Å². The average molecular weight is 524 g/mol. The maximum absolute atomic E-state index is 12.5. The molecule has 0 aliphatic heterocycles. The van der Waals surface area contributed by atoms with Gasteiger partial charge in [-0.1, -0.05) is 12.1 Å². The number of aryl methyl sites for hydroxylation is 2. The van der Waals surface area contributed by atoms with E-state index >= 15 is 0 Å². The van der Waals surface area contributed by atoms with Gasteiger partial charge in [-0.3, -0.25) is 14.9 Å². The normalized spacial score (nSPS) is 10.6. The number of hydrogen-bond acceptors (Lipinski definition) is 5. The fourth-order valence-electron chi connectivity index (χ4n) is 2.55. The molecule has 0 aliphatic rings. The SMILES string of the molecule is Cc1ccc(C)c(OCc2ccc(C(=O)Nc3c(Br)cc([N+](=O)[O-])cc3Br)o2)c1. The number of furan rings is 1. The van der Waals surface area contributed by atoms with Crippen molar-refractivity contribution in [1.29, 1.82) is 0 Å². The van der Waals surface area contributed by atoms with Crippen LogP contribution in [0.3, 0.4) is 0 Å². The van der Waals surface area contributed by atoms with E-state index in [1.54, 1.807) is 12.1 Å². The summed E-state index contributed by atoms with van der Waals surface area (Å²) < 4.78 is 12.1. The molecule has 1 N–H and O–H groups in total. The largest absolute Gasteiger partial charge is 0.485 e. The van der Waals surface area contributed by atoms with Crippen molar-refractivity contribution in [2.24, 2.45) is 0 Å². The van der Waals surface area contributed by atoms with Crippen LogP contribution in [-0.4, -0.2) is 10.8 Å². The number of nitrogens with one attached hydrogen (secondary N) is 1. The zero-order valence-corrected chi connectivity index (χ0v) is 18.7. The van der Waals surface area contributed by atoms with E-state index in [1.807, 2.05) is 32.0 Å². The van der Waals surface area contributed by atoms with Gasteiger partial charge in [-0.15, -0.1) is 0 Å². The summed E-state index contributed by atoms with van der Waals surface area (Å²) in [7, 11) is 0. The van der Waals surface area contributed by atoms with Crippen molar-refractivity contribution in [2.75, 3.05) is 5.32 Å². The van der Waals surface area contributed by atoms with Crippen molar-refractivity contribution in [3.63, 3.8) is 0 Å². The topological polar surface area (TPSA) is 94.6 Å². The molecule has 3 rings (SSSR count). The summed E-state index contributed by atoms with van der Waals surface area (Å²) in [5, 5.41) is 13.6. The Hall–Kier alpha value is -2.65. The highest BCUT2D eigenvalue weighted by Gasteiger charge is 2.18. The second-order valence-electron chi connectivity index (χ2n) is 6.32. The van der Waals surface area contributed by atoms with Gasteiger partial charge in [-0.2, -0.15) is 0 Å². The highest BCUT2D eigenvalue weighted by atomic mass is 79.9. The number of rotatable bonds is 6. The summed E-state index contributed by atoms with van der Waals surface area (Å²) in [6.07, 6.45) is 0. The molecule has 0 fully saturated rings. The maximum Gasteiger partial charge on any atom is 0.291 e. The number of ether oxygens (including phenoxy) is 1. The van der Waals surface area contributed by atoms with Gasteiger partial charge < -0.3 is 14.5 Å². The highest BCUT2D eigenvalue weighted by Crippen LogP contribution is 2.35. The Bertz CT molecular complexity index is 1070. The lowest BCUT2D eigenvalue weighted by Gasteiger charge is -2.09. The number of anilines is 1. The first-order valence-corrected chi connectivity index (χ1v) is 10.1. The van der Waals surface area contributed by atoms with Gasteiger partial charge in [0.05, 0.1) is 10.6 Å². The minimum atomic E-state index is -0.518. The molecule has 2 aromatic carbocycles. The third-order valence-electron chi connectivity index (χ3n) is 4.08. The van der Waals surface area contributed by atoms with Crippen LogP contribution in [0.1, 0.15) is 27.4 Å². The number of amides is 1. The lowest BCUT2D eigenvalue weighted by Crippen LogP contribution is -2.12. The van der Waals surface area contributed by atoms with E-state index in [-0.39, 0.29) is 18.1 Å². The number of carbonyl (C=O) groups is 1. The van der Waals surface area contributed by atoms with Crippen LogP contribution < -0.4 is 10.1 Å². The molecule has 7 nitrogen and oxygen atoms in total. The van der Waals surface area contributed by atoms with Gasteiger partial charge in [0.1, 0.15) is 18.1 Å². The maximum atomic E-state index is 12.5. The lowest BCUT2D eigenvalue weighted by atomic mass is 10.1. The number of hydrogen-bond donors (Lipinski definition) is 1. The van der Waals surface area contributed by atoms with E-state index in [4.69, 9.17) is 9.15 Å². The highest BCUT2D eigenvalue weighted by molar-refractivity contribution is 9.11. The monoisotopic (exact) mass is 522 g/mol. The fourth-order valence-corrected chi connectivity index (χ4v) is 3.91. The number of nitro benzene ring substituents is 1. The summed E-state index contributed by atoms with van der Waals surface area (Å²) in [6, 6.07) is 11.8. The van der Waals surface area contributed by atoms with E-state index in [0.29, 0.717) is 20.4 Å². The molecule has 0 spiro atoms. The van der Waals surface area contributed by atoms with Crippen LogP contribution >= 0.6 is 31.9 Å². The first kappa shape index (κ1) is 21.1. The third kappa shape index (κ3) is 5.04. The standard InChI is InChI=1S/C20H16Br2N2O5/c1-11-3-4-12(2)18(7-11)28-10-14-5-6-17(29-14)20(25)23-19-15(21)8-13(24(26)27)9-16(19)22/h3-9H,10H2,1-2H3,(H,23,25). The Morgan fingerprint density at radius 2 is 1.83 bits per heavy atom. The van der Waals surface area contributed by atoms with Gasteiger partial charge in [0.2, 0.25) is 0 Å². The Labute approximate surface area is 183 Å². The van der Waals surface area contributed by atoms with Crippen LogP contribution in [-0.2, 0) is 6.61 Å². The number of nitrogens with zero attached hydrogens (tertiary/aromatic N) is 1. The summed E-state index contributed by atoms with van der Waals surface area (Å²) in [5.41, 5.74) is 2.35. The molecular weight excluding hydrogens is 508 g/mol. The molecule has 150 valence electrons. The van der Waals surface area contributed by atoms with Gasteiger partial charge in [0.25, 0.3) is 11.6 Å². The zero-order valence-electron chi connectivity index (χ0n) is 15.5. The number of halogens is 2. The molecule has 0 radical (unpaired) electrons. The summed E-state index contributed by atoms with van der Waals surface area (Å²) in [4.78, 5) is 22.9. The second kappa shape index (κ2) is 8.79. The van der Waals surface area contributed by atoms with Crippen molar-refractivity contribution < 1.29 is 18.9 Å². The van der Waals surface area contributed by atoms with Crippen LogP contribution in [0.4, 0.5) is 11.4 Å². The number of non-ortho nitro benzene ring substituents is 1. The molecule has 0 saturated carbocycles. The van der Waals surface area contributed by atoms with E-state index < -0.39 is 10.8 Å². The molecule has 1 aromatic heterocycles. The summed E-state index contributed by atoms with van der Waals surface area (Å²) >= 11 is 6.47. The van der Waals surface area contributed by atoms with Gasteiger partial charge >= 0.3 is 0 Å². The molecule has 0 bridgehead atoms. The molecule has 0 unspecified atom stereocenters. The van der Waals surface area contributed by atoms with Crippen LogP contribution in [0, 0.1) is 24.0 Å². The molecule has 29 heavy (non-hydrogen) atoms. The van der Waals surface area contributed by atoms with Crippen molar-refractivity contribution in [3.8, 4) is 5.75 Å². The number of benzene rings is 2. The molecule has 1 amide bonds. The summed E-state index contributed by atoms with van der Waals surface area (Å²) in [5.74, 6) is 0.865. The summed E-state index contributed by atoms with van der Waals surface area (Å²) in [6.45, 7) is 4.12. The van der Waals surface area contributed by atoms with Crippen LogP contribution in [0.25, 0.3) is 0 Å². The van der Waals surface area contributed by atoms with Gasteiger partial charge in [-0.05, 0) is 75.0 Å². The molecule has 0 aliphatic carbocycles. The minimum Gasteiger partial charge on any atom is -0.485 e.